The van der Waals surface area contributed by atoms with Crippen molar-refractivity contribution in [1.29, 1.82) is 0 Å². The second kappa shape index (κ2) is 8.26. The third kappa shape index (κ3) is 4.20. The summed E-state index contributed by atoms with van der Waals surface area (Å²) < 4.78 is 0. The summed E-state index contributed by atoms with van der Waals surface area (Å²) in [5.41, 5.74) is 2.36. The Bertz CT molecular complexity index is 1130. The quantitative estimate of drug-likeness (QED) is 0.557. The lowest BCUT2D eigenvalue weighted by atomic mass is 9.90. The van der Waals surface area contributed by atoms with Gasteiger partial charge in [0.05, 0.1) is 5.69 Å². The molecule has 1 aromatic carbocycles. The van der Waals surface area contributed by atoms with Crippen molar-refractivity contribution in [3.05, 3.63) is 50.6 Å². The summed E-state index contributed by atoms with van der Waals surface area (Å²) in [6, 6.07) is 7.07. The third-order valence-corrected chi connectivity index (χ3v) is 7.35. The number of benzene rings is 1. The lowest BCUT2D eigenvalue weighted by Gasteiger charge is -2.32. The van der Waals surface area contributed by atoms with Gasteiger partial charge in [-0.3, -0.25) is 14.5 Å². The third-order valence-electron chi connectivity index (χ3n) is 6.03. The Labute approximate surface area is 189 Å². The molecule has 7 nitrogen and oxygen atoms in total. The van der Waals surface area contributed by atoms with Gasteiger partial charge in [-0.1, -0.05) is 24.4 Å². The molecule has 2 amide bonds. The molecule has 2 atom stereocenters. The molecule has 2 aromatic heterocycles. The molecule has 5 rings (SSSR count). The van der Waals surface area contributed by atoms with E-state index in [4.69, 9.17) is 11.6 Å². The molecule has 1 aliphatic heterocycles. The molecular formula is C22H24ClN5O2S. The van der Waals surface area contributed by atoms with E-state index >= 15 is 0 Å². The predicted octanol–water partition coefficient (Wildman–Crippen LogP) is 3.69. The van der Waals surface area contributed by atoms with Crippen LogP contribution in [0.2, 0.25) is 5.02 Å². The van der Waals surface area contributed by atoms with E-state index in [9.17, 15) is 9.59 Å². The minimum Gasteiger partial charge on any atom is -0.351 e. The van der Waals surface area contributed by atoms with E-state index in [0.29, 0.717) is 15.7 Å². The molecule has 0 bridgehead atoms. The van der Waals surface area contributed by atoms with Gasteiger partial charge in [0.15, 0.2) is 5.01 Å². The smallest absolute Gasteiger partial charge is 0.280 e. The Balaban J connectivity index is 1.27. The number of nitrogens with one attached hydrogen (secondary N) is 3. The van der Waals surface area contributed by atoms with E-state index in [0.717, 1.165) is 55.4 Å². The monoisotopic (exact) mass is 457 g/mol. The fourth-order valence-corrected chi connectivity index (χ4v) is 5.70. The van der Waals surface area contributed by atoms with Crippen molar-refractivity contribution >= 4 is 45.7 Å². The zero-order chi connectivity index (χ0) is 21.5. The Morgan fingerprint density at radius 1 is 1.13 bits per heavy atom. The Morgan fingerprint density at radius 2 is 1.87 bits per heavy atom. The lowest BCUT2D eigenvalue weighted by Crippen LogP contribution is -2.53. The van der Waals surface area contributed by atoms with Crippen molar-refractivity contribution in [3.63, 3.8) is 0 Å². The second-order valence-electron chi connectivity index (χ2n) is 8.42. The van der Waals surface area contributed by atoms with Gasteiger partial charge in [-0.15, -0.1) is 11.3 Å². The topological polar surface area (TPSA) is 90.1 Å². The molecule has 3 aromatic rings. The highest BCUT2D eigenvalue weighted by atomic mass is 35.5. The average molecular weight is 458 g/mol. The zero-order valence-corrected chi connectivity index (χ0v) is 18.8. The van der Waals surface area contributed by atoms with Gasteiger partial charge in [0.1, 0.15) is 5.69 Å². The lowest BCUT2D eigenvalue weighted by molar-refractivity contribution is 0.0860. The second-order valence-corrected chi connectivity index (χ2v) is 9.94. The minimum atomic E-state index is -0.172. The Hall–Kier alpha value is -2.42. The summed E-state index contributed by atoms with van der Waals surface area (Å²) in [7, 11) is 2.05. The fraction of sp³-hybridized carbons (Fsp3) is 0.409. The first-order chi connectivity index (χ1) is 15.0. The highest BCUT2D eigenvalue weighted by molar-refractivity contribution is 7.13. The molecule has 1 aliphatic carbocycles. The number of nitrogens with zero attached hydrogens (tertiary/aromatic N) is 2. The molecule has 0 unspecified atom stereocenters. The predicted molar refractivity (Wildman–Crippen MR) is 122 cm³/mol. The normalized spacial score (nSPS) is 21.2. The molecule has 3 heterocycles. The number of amides is 2. The van der Waals surface area contributed by atoms with Gasteiger partial charge >= 0.3 is 0 Å². The summed E-state index contributed by atoms with van der Waals surface area (Å²) >= 11 is 7.52. The summed E-state index contributed by atoms with van der Waals surface area (Å²) in [6.45, 7) is 1.63. The maximum Gasteiger partial charge on any atom is 0.280 e. The number of aromatic nitrogens is 2. The van der Waals surface area contributed by atoms with Crippen molar-refractivity contribution in [1.82, 2.24) is 25.5 Å². The van der Waals surface area contributed by atoms with Crippen LogP contribution in [0.25, 0.3) is 10.9 Å². The molecule has 0 saturated heterocycles. The van der Waals surface area contributed by atoms with Crippen LogP contribution < -0.4 is 10.6 Å². The number of carbonyl (C=O) groups excluding carboxylic acids is 2. The van der Waals surface area contributed by atoms with Gasteiger partial charge in [-0.05, 0) is 44.2 Å². The molecule has 3 N–H and O–H groups in total. The first-order valence-electron chi connectivity index (χ1n) is 10.5. The first kappa shape index (κ1) is 20.5. The zero-order valence-electron chi connectivity index (χ0n) is 17.2. The van der Waals surface area contributed by atoms with Crippen molar-refractivity contribution in [2.75, 3.05) is 7.05 Å². The van der Waals surface area contributed by atoms with E-state index in [2.05, 4.69) is 25.5 Å². The van der Waals surface area contributed by atoms with Crippen molar-refractivity contribution < 1.29 is 9.59 Å². The highest BCUT2D eigenvalue weighted by Crippen LogP contribution is 2.28. The van der Waals surface area contributed by atoms with Crippen LogP contribution in [-0.2, 0) is 13.1 Å². The van der Waals surface area contributed by atoms with Gasteiger partial charge in [-0.25, -0.2) is 4.98 Å². The van der Waals surface area contributed by atoms with Crippen LogP contribution in [-0.4, -0.2) is 45.8 Å². The number of hydrogen-bond donors (Lipinski definition) is 3. The van der Waals surface area contributed by atoms with E-state index in [1.54, 1.807) is 12.1 Å². The van der Waals surface area contributed by atoms with Gasteiger partial charge in [-0.2, -0.15) is 0 Å². The minimum absolute atomic E-state index is 0.106. The molecular weight excluding hydrogens is 434 g/mol. The Morgan fingerprint density at radius 3 is 2.61 bits per heavy atom. The number of fused-ring (bicyclic) bond motifs is 2. The van der Waals surface area contributed by atoms with Crippen molar-refractivity contribution in [2.45, 2.75) is 50.9 Å². The maximum absolute atomic E-state index is 12.9. The van der Waals surface area contributed by atoms with Crippen LogP contribution in [0.4, 0.5) is 0 Å². The van der Waals surface area contributed by atoms with Crippen molar-refractivity contribution in [3.8, 4) is 0 Å². The van der Waals surface area contributed by atoms with E-state index in [-0.39, 0.29) is 23.9 Å². The van der Waals surface area contributed by atoms with Gasteiger partial charge in [0.2, 0.25) is 0 Å². The van der Waals surface area contributed by atoms with E-state index in [1.165, 1.54) is 16.2 Å². The number of carbonyl (C=O) groups is 2. The molecule has 1 fully saturated rings. The standard InChI is InChI=1S/C22H24ClN5O2S/c1-28-10-18-19(11-28)31-22(27-18)21(30)26-16-5-3-2-4-15(16)25-20(29)17-9-12-8-13(23)6-7-14(12)24-17/h6-9,15-16,24H,2-5,10-11H2,1H3,(H,25,29)(H,26,30)/t15-,16+/m1/s1. The molecule has 2 aliphatic rings. The molecule has 9 heteroatoms. The van der Waals surface area contributed by atoms with Crippen LogP contribution in [0.5, 0.6) is 0 Å². The summed E-state index contributed by atoms with van der Waals surface area (Å²) in [5.74, 6) is -0.316. The van der Waals surface area contributed by atoms with Gasteiger partial charge in [0, 0.05) is 46.0 Å². The number of aromatic amines is 1. The largest absolute Gasteiger partial charge is 0.351 e. The maximum atomic E-state index is 12.9. The number of rotatable bonds is 4. The van der Waals surface area contributed by atoms with Crippen LogP contribution in [0.15, 0.2) is 24.3 Å². The van der Waals surface area contributed by atoms with Crippen LogP contribution in [0.3, 0.4) is 0 Å². The molecule has 31 heavy (non-hydrogen) atoms. The van der Waals surface area contributed by atoms with Gasteiger partial charge < -0.3 is 15.6 Å². The number of H-pyrrole nitrogens is 1. The van der Waals surface area contributed by atoms with E-state index < -0.39 is 0 Å². The number of thiazole rings is 1. The van der Waals surface area contributed by atoms with Crippen LogP contribution in [0.1, 0.15) is 56.5 Å². The summed E-state index contributed by atoms with van der Waals surface area (Å²) in [4.78, 5) is 36.8. The van der Waals surface area contributed by atoms with E-state index in [1.807, 2.05) is 19.2 Å². The Kier molecular flexibility index (Phi) is 5.45. The van der Waals surface area contributed by atoms with Crippen LogP contribution >= 0.6 is 22.9 Å². The van der Waals surface area contributed by atoms with Gasteiger partial charge in [0.25, 0.3) is 11.8 Å². The molecule has 162 valence electrons. The summed E-state index contributed by atoms with van der Waals surface area (Å²) in [5, 5.41) is 8.29. The van der Waals surface area contributed by atoms with Crippen molar-refractivity contribution in [2.24, 2.45) is 0 Å². The summed E-state index contributed by atoms with van der Waals surface area (Å²) in [6.07, 6.45) is 3.73. The average Bonchev–Trinajstić information content (AvgIpc) is 3.41. The number of hydrogen-bond acceptors (Lipinski definition) is 5. The SMILES string of the molecule is CN1Cc2nc(C(=O)N[C@H]3CCCC[C@H]3NC(=O)c3cc4cc(Cl)ccc4[nH]3)sc2C1. The highest BCUT2D eigenvalue weighted by Gasteiger charge is 2.30. The molecule has 0 spiro atoms. The molecule has 0 radical (unpaired) electrons. The molecule has 1 saturated carbocycles. The fourth-order valence-electron chi connectivity index (χ4n) is 4.46. The first-order valence-corrected chi connectivity index (χ1v) is 11.7. The van der Waals surface area contributed by atoms with Crippen LogP contribution in [0, 0.1) is 0 Å². The number of halogens is 1.